The van der Waals surface area contributed by atoms with Gasteiger partial charge in [0.15, 0.2) is 0 Å². The lowest BCUT2D eigenvalue weighted by molar-refractivity contribution is 0.267. The summed E-state index contributed by atoms with van der Waals surface area (Å²) in [7, 11) is 0. The first-order chi connectivity index (χ1) is 5.88. The summed E-state index contributed by atoms with van der Waals surface area (Å²) in [5, 5.41) is 0. The zero-order chi connectivity index (χ0) is 8.39. The first-order valence-electron chi connectivity index (χ1n) is 5.17. The second-order valence-electron chi connectivity index (χ2n) is 4.34. The molecule has 70 valence electrons. The summed E-state index contributed by atoms with van der Waals surface area (Å²) in [6.45, 7) is 3.75. The molecule has 0 saturated heterocycles. The lowest BCUT2D eigenvalue weighted by Gasteiger charge is -2.20. The molecule has 2 rings (SSSR count). The van der Waals surface area contributed by atoms with Crippen molar-refractivity contribution in [3.8, 4) is 0 Å². The lowest BCUT2D eigenvalue weighted by Crippen LogP contribution is -2.30. The van der Waals surface area contributed by atoms with Crippen molar-refractivity contribution in [1.29, 1.82) is 0 Å². The maximum atomic E-state index is 5.76. The summed E-state index contributed by atoms with van der Waals surface area (Å²) in [5.74, 6) is 2.85. The molecule has 0 N–H and O–H groups in total. The van der Waals surface area contributed by atoms with Crippen LogP contribution in [0, 0.1) is 11.8 Å². The van der Waals surface area contributed by atoms with Gasteiger partial charge in [-0.1, -0.05) is 0 Å². The molecule has 12 heavy (non-hydrogen) atoms. The predicted octanol–water partition coefficient (Wildman–Crippen LogP) is 2.35. The molecule has 1 nitrogen and oxygen atoms in total. The Kier molecular flexibility index (Phi) is 2.92. The summed E-state index contributed by atoms with van der Waals surface area (Å²) < 4.78 is 0. The zero-order valence-corrected chi connectivity index (χ0v) is 8.39. The number of alkyl halides is 1. The first kappa shape index (κ1) is 8.83. The molecule has 2 fully saturated rings. The highest BCUT2D eigenvalue weighted by atomic mass is 35.5. The van der Waals surface area contributed by atoms with Gasteiger partial charge in [0.25, 0.3) is 0 Å². The maximum Gasteiger partial charge on any atom is 0.0351 e. The largest absolute Gasteiger partial charge is 0.302 e. The van der Waals surface area contributed by atoms with Crippen LogP contribution in [0.15, 0.2) is 0 Å². The standard InChI is InChI=1S/C10H18ClN/c11-5-6-12(7-9-1-2-9)8-10-3-4-10/h9-10H,1-8H2. The lowest BCUT2D eigenvalue weighted by atomic mass is 10.3. The van der Waals surface area contributed by atoms with Gasteiger partial charge in [-0.2, -0.15) is 0 Å². The van der Waals surface area contributed by atoms with E-state index in [0.29, 0.717) is 0 Å². The van der Waals surface area contributed by atoms with Gasteiger partial charge in [0.05, 0.1) is 0 Å². The third-order valence-electron chi connectivity index (χ3n) is 2.83. The molecular weight excluding hydrogens is 170 g/mol. The Morgan fingerprint density at radius 2 is 1.50 bits per heavy atom. The molecule has 2 saturated carbocycles. The van der Waals surface area contributed by atoms with E-state index in [1.165, 1.54) is 38.8 Å². The van der Waals surface area contributed by atoms with Crippen LogP contribution in [-0.4, -0.2) is 30.4 Å². The molecule has 0 aromatic rings. The minimum atomic E-state index is 0.805. The predicted molar refractivity (Wildman–Crippen MR) is 52.6 cm³/mol. The van der Waals surface area contributed by atoms with E-state index >= 15 is 0 Å². The zero-order valence-electron chi connectivity index (χ0n) is 7.64. The van der Waals surface area contributed by atoms with Gasteiger partial charge in [-0.05, 0) is 37.5 Å². The molecule has 0 unspecified atom stereocenters. The fraction of sp³-hybridized carbons (Fsp3) is 1.00. The number of halogens is 1. The summed E-state index contributed by atoms with van der Waals surface area (Å²) >= 11 is 5.76. The third kappa shape index (κ3) is 2.95. The molecule has 0 heterocycles. The average molecular weight is 188 g/mol. The van der Waals surface area contributed by atoms with E-state index < -0.39 is 0 Å². The van der Waals surface area contributed by atoms with Gasteiger partial charge in [-0.25, -0.2) is 0 Å². The summed E-state index contributed by atoms with van der Waals surface area (Å²) in [6, 6.07) is 0. The number of hydrogen-bond donors (Lipinski definition) is 0. The second kappa shape index (κ2) is 3.97. The molecule has 2 aliphatic carbocycles. The second-order valence-corrected chi connectivity index (χ2v) is 4.71. The van der Waals surface area contributed by atoms with E-state index in [1.54, 1.807) is 0 Å². The van der Waals surface area contributed by atoms with Crippen molar-refractivity contribution in [2.75, 3.05) is 25.5 Å². The minimum absolute atomic E-state index is 0.805. The van der Waals surface area contributed by atoms with E-state index in [-0.39, 0.29) is 0 Å². The van der Waals surface area contributed by atoms with Crippen molar-refractivity contribution >= 4 is 11.6 Å². The van der Waals surface area contributed by atoms with Gasteiger partial charge in [0.1, 0.15) is 0 Å². The number of hydrogen-bond acceptors (Lipinski definition) is 1. The summed E-state index contributed by atoms with van der Waals surface area (Å²) in [6.07, 6.45) is 5.85. The van der Waals surface area contributed by atoms with Gasteiger partial charge in [0.2, 0.25) is 0 Å². The summed E-state index contributed by atoms with van der Waals surface area (Å²) in [4.78, 5) is 2.57. The van der Waals surface area contributed by atoms with Crippen molar-refractivity contribution in [2.24, 2.45) is 11.8 Å². The molecule has 2 aliphatic rings. The van der Waals surface area contributed by atoms with Crippen LogP contribution in [0.1, 0.15) is 25.7 Å². The van der Waals surface area contributed by atoms with Gasteiger partial charge in [-0.15, -0.1) is 11.6 Å². The highest BCUT2D eigenvalue weighted by molar-refractivity contribution is 6.18. The van der Waals surface area contributed by atoms with Crippen LogP contribution in [0.5, 0.6) is 0 Å². The summed E-state index contributed by atoms with van der Waals surface area (Å²) in [5.41, 5.74) is 0. The molecule has 0 radical (unpaired) electrons. The molecule has 0 aromatic carbocycles. The number of rotatable bonds is 6. The Bertz CT molecular complexity index is 127. The SMILES string of the molecule is ClCCN(CC1CC1)CC1CC1. The Balaban J connectivity index is 1.66. The molecule has 0 spiro atoms. The fourth-order valence-corrected chi connectivity index (χ4v) is 1.95. The first-order valence-corrected chi connectivity index (χ1v) is 5.70. The topological polar surface area (TPSA) is 3.24 Å². The van der Waals surface area contributed by atoms with Crippen LogP contribution in [-0.2, 0) is 0 Å². The van der Waals surface area contributed by atoms with E-state index in [0.717, 1.165) is 24.3 Å². The van der Waals surface area contributed by atoms with Crippen molar-refractivity contribution in [2.45, 2.75) is 25.7 Å². The van der Waals surface area contributed by atoms with Crippen molar-refractivity contribution in [3.05, 3.63) is 0 Å². The maximum absolute atomic E-state index is 5.76. The molecule has 0 bridgehead atoms. The van der Waals surface area contributed by atoms with Crippen LogP contribution in [0.4, 0.5) is 0 Å². The molecule has 0 atom stereocenters. The quantitative estimate of drug-likeness (QED) is 0.577. The molecule has 0 amide bonds. The van der Waals surface area contributed by atoms with Gasteiger partial charge < -0.3 is 4.90 Å². The molecule has 0 aromatic heterocycles. The molecule has 2 heteroatoms. The number of nitrogens with zero attached hydrogens (tertiary/aromatic N) is 1. The van der Waals surface area contributed by atoms with E-state index in [4.69, 9.17) is 11.6 Å². The minimum Gasteiger partial charge on any atom is -0.302 e. The monoisotopic (exact) mass is 187 g/mol. The Hall–Kier alpha value is 0.250. The fourth-order valence-electron chi connectivity index (χ4n) is 1.71. The van der Waals surface area contributed by atoms with E-state index in [9.17, 15) is 0 Å². The molecule has 0 aliphatic heterocycles. The van der Waals surface area contributed by atoms with Crippen molar-refractivity contribution in [1.82, 2.24) is 4.90 Å². The smallest absolute Gasteiger partial charge is 0.0351 e. The van der Waals surface area contributed by atoms with Crippen LogP contribution in [0.2, 0.25) is 0 Å². The van der Waals surface area contributed by atoms with Crippen LogP contribution >= 0.6 is 11.6 Å². The van der Waals surface area contributed by atoms with Crippen molar-refractivity contribution < 1.29 is 0 Å². The van der Waals surface area contributed by atoms with Crippen LogP contribution < -0.4 is 0 Å². The van der Waals surface area contributed by atoms with Crippen LogP contribution in [0.25, 0.3) is 0 Å². The normalized spacial score (nSPS) is 23.5. The Morgan fingerprint density at radius 1 is 1.00 bits per heavy atom. The Morgan fingerprint density at radius 3 is 1.83 bits per heavy atom. The van der Waals surface area contributed by atoms with Gasteiger partial charge in [-0.3, -0.25) is 0 Å². The molecular formula is C10H18ClN. The van der Waals surface area contributed by atoms with Gasteiger partial charge in [0, 0.05) is 25.5 Å². The average Bonchev–Trinajstić information content (AvgIpc) is 2.82. The van der Waals surface area contributed by atoms with E-state index in [1.807, 2.05) is 0 Å². The van der Waals surface area contributed by atoms with Crippen LogP contribution in [0.3, 0.4) is 0 Å². The van der Waals surface area contributed by atoms with E-state index in [2.05, 4.69) is 4.90 Å². The Labute approximate surface area is 80.1 Å². The van der Waals surface area contributed by atoms with Gasteiger partial charge >= 0.3 is 0 Å². The highest BCUT2D eigenvalue weighted by Gasteiger charge is 2.28. The van der Waals surface area contributed by atoms with Crippen molar-refractivity contribution in [3.63, 3.8) is 0 Å². The highest BCUT2D eigenvalue weighted by Crippen LogP contribution is 2.33. The third-order valence-corrected chi connectivity index (χ3v) is 3.00.